The van der Waals surface area contributed by atoms with Crippen LogP contribution < -0.4 is 0 Å². The Labute approximate surface area is 187 Å². The van der Waals surface area contributed by atoms with Crippen molar-refractivity contribution >= 4 is 5.91 Å². The first kappa shape index (κ1) is 24.4. The van der Waals surface area contributed by atoms with Gasteiger partial charge in [0.1, 0.15) is 6.61 Å². The van der Waals surface area contributed by atoms with Crippen molar-refractivity contribution in [2.75, 3.05) is 39.5 Å². The van der Waals surface area contributed by atoms with Crippen molar-refractivity contribution in [3.8, 4) is 0 Å². The Morgan fingerprint density at radius 2 is 2.16 bits per heavy atom. The van der Waals surface area contributed by atoms with E-state index in [0.29, 0.717) is 51.2 Å². The molecule has 2 N–H and O–H groups in total. The molecule has 6 heteroatoms. The van der Waals surface area contributed by atoms with Crippen LogP contribution in [0.15, 0.2) is 23.8 Å². The van der Waals surface area contributed by atoms with Gasteiger partial charge in [0, 0.05) is 19.0 Å². The quantitative estimate of drug-likeness (QED) is 0.385. The summed E-state index contributed by atoms with van der Waals surface area (Å²) in [7, 11) is 0. The normalized spacial score (nSPS) is 30.5. The van der Waals surface area contributed by atoms with Crippen molar-refractivity contribution in [2.45, 2.75) is 70.5 Å². The summed E-state index contributed by atoms with van der Waals surface area (Å²) in [5.74, 6) is 1.07. The fraction of sp³-hybridized carbons (Fsp3) is 0.800. The highest BCUT2D eigenvalue weighted by Gasteiger charge is 2.43. The molecule has 0 unspecified atom stereocenters. The van der Waals surface area contributed by atoms with E-state index in [1.807, 2.05) is 6.92 Å². The summed E-state index contributed by atoms with van der Waals surface area (Å²) in [4.78, 5) is 13.9. The van der Waals surface area contributed by atoms with Gasteiger partial charge in [0.15, 0.2) is 0 Å². The van der Waals surface area contributed by atoms with Crippen LogP contribution in [0.2, 0.25) is 0 Å². The molecule has 31 heavy (non-hydrogen) atoms. The molecule has 0 aromatic carbocycles. The van der Waals surface area contributed by atoms with E-state index in [0.717, 1.165) is 38.5 Å². The number of hydrogen-bond acceptors (Lipinski definition) is 5. The van der Waals surface area contributed by atoms with Gasteiger partial charge in [-0.05, 0) is 50.9 Å². The minimum atomic E-state index is -0.662. The first-order valence-corrected chi connectivity index (χ1v) is 12.1. The van der Waals surface area contributed by atoms with Crippen LogP contribution in [0.1, 0.15) is 58.8 Å². The summed E-state index contributed by atoms with van der Waals surface area (Å²) < 4.78 is 10.9. The summed E-state index contributed by atoms with van der Waals surface area (Å²) in [6.07, 6.45) is 12.5. The van der Waals surface area contributed by atoms with Crippen LogP contribution >= 0.6 is 0 Å². The molecule has 0 radical (unpaired) electrons. The molecule has 3 aliphatic rings. The van der Waals surface area contributed by atoms with Gasteiger partial charge >= 0.3 is 0 Å². The number of fused-ring (bicyclic) bond motifs is 1. The molecule has 0 bridgehead atoms. The number of aliphatic hydroxyl groups is 2. The number of amides is 1. The molecular weight excluding hydrogens is 394 g/mol. The van der Waals surface area contributed by atoms with Gasteiger partial charge in [0.2, 0.25) is 5.91 Å². The monoisotopic (exact) mass is 435 g/mol. The molecule has 3 rings (SSSR count). The maximum atomic E-state index is 12.1. The van der Waals surface area contributed by atoms with Gasteiger partial charge in [-0.25, -0.2) is 0 Å². The number of morpholine rings is 1. The Kier molecular flexibility index (Phi) is 9.14. The third-order valence-electron chi connectivity index (χ3n) is 7.09. The zero-order chi connectivity index (χ0) is 22.3. The van der Waals surface area contributed by atoms with Crippen molar-refractivity contribution in [1.29, 1.82) is 0 Å². The highest BCUT2D eigenvalue weighted by molar-refractivity contribution is 5.77. The van der Waals surface area contributed by atoms with Crippen molar-refractivity contribution in [2.24, 2.45) is 17.8 Å². The Morgan fingerprint density at radius 1 is 1.39 bits per heavy atom. The van der Waals surface area contributed by atoms with E-state index in [1.165, 1.54) is 5.57 Å². The van der Waals surface area contributed by atoms with E-state index in [1.54, 1.807) is 4.90 Å². The Bertz CT molecular complexity index is 638. The molecular formula is C25H41NO5. The van der Waals surface area contributed by atoms with Crippen molar-refractivity contribution in [1.82, 2.24) is 4.90 Å². The van der Waals surface area contributed by atoms with Gasteiger partial charge in [-0.1, -0.05) is 43.6 Å². The van der Waals surface area contributed by atoms with Crippen LogP contribution in [-0.4, -0.2) is 72.2 Å². The number of rotatable bonds is 11. The number of allylic oxidation sites excluding steroid dienone is 1. The number of hydrogen-bond donors (Lipinski definition) is 2. The number of unbranched alkanes of at least 4 members (excludes halogenated alkanes) is 1. The van der Waals surface area contributed by atoms with E-state index in [2.05, 4.69) is 25.2 Å². The second-order valence-electron chi connectivity index (χ2n) is 9.77. The van der Waals surface area contributed by atoms with Gasteiger partial charge < -0.3 is 24.6 Å². The lowest BCUT2D eigenvalue weighted by Crippen LogP contribution is -2.42. The highest BCUT2D eigenvalue weighted by atomic mass is 16.5. The lowest BCUT2D eigenvalue weighted by Gasteiger charge is -2.26. The minimum Gasteiger partial charge on any atom is -0.392 e. The van der Waals surface area contributed by atoms with Gasteiger partial charge in [-0.3, -0.25) is 4.79 Å². The fourth-order valence-electron chi connectivity index (χ4n) is 5.20. The number of carbonyl (C=O) groups excluding carboxylic acids is 1. The molecule has 5 atom stereocenters. The third kappa shape index (κ3) is 7.14. The summed E-state index contributed by atoms with van der Waals surface area (Å²) >= 11 is 0. The first-order chi connectivity index (χ1) is 14.9. The maximum absolute atomic E-state index is 12.1. The average molecular weight is 436 g/mol. The SMILES string of the molecule is CCCC[C@](C)(O)CC=C[C@@H]1[C@H]2CC(CCOCC(=O)N3CCOCC3)=C[C@H]2C[C@H]1O. The van der Waals surface area contributed by atoms with Gasteiger partial charge in [-0.2, -0.15) is 0 Å². The Morgan fingerprint density at radius 3 is 2.90 bits per heavy atom. The van der Waals surface area contributed by atoms with Crippen LogP contribution in [-0.2, 0) is 14.3 Å². The highest BCUT2D eigenvalue weighted by Crippen LogP contribution is 2.48. The second kappa shape index (κ2) is 11.6. The minimum absolute atomic E-state index is 0.0451. The van der Waals surface area contributed by atoms with E-state index >= 15 is 0 Å². The topological polar surface area (TPSA) is 79.2 Å². The van der Waals surface area contributed by atoms with Gasteiger partial charge in [0.25, 0.3) is 0 Å². The fourth-order valence-corrected chi connectivity index (χ4v) is 5.20. The summed E-state index contributed by atoms with van der Waals surface area (Å²) in [6, 6.07) is 0. The lowest BCUT2D eigenvalue weighted by molar-refractivity contribution is -0.140. The molecule has 0 aromatic heterocycles. The van der Waals surface area contributed by atoms with E-state index < -0.39 is 5.60 Å². The standard InChI is InChI=1S/C25H41NO5/c1-3-4-8-25(2,29)9-5-6-21-22-16-19(15-20(22)17-23(21)27)7-12-31-18-24(28)26-10-13-30-14-11-26/h5-6,15,20-23,27,29H,3-4,7-14,16-18H2,1-2H3/t20-,21+,22-,23+,25-/m0/s1. The zero-order valence-corrected chi connectivity index (χ0v) is 19.3. The zero-order valence-electron chi connectivity index (χ0n) is 19.3. The third-order valence-corrected chi connectivity index (χ3v) is 7.09. The first-order valence-electron chi connectivity index (χ1n) is 12.1. The van der Waals surface area contributed by atoms with E-state index in [-0.39, 0.29) is 24.5 Å². The number of aliphatic hydroxyl groups excluding tert-OH is 1. The van der Waals surface area contributed by atoms with Crippen LogP contribution in [0.25, 0.3) is 0 Å². The van der Waals surface area contributed by atoms with E-state index in [4.69, 9.17) is 9.47 Å². The Balaban J connectivity index is 1.39. The van der Waals surface area contributed by atoms with Gasteiger partial charge in [0.05, 0.1) is 31.5 Å². The second-order valence-corrected chi connectivity index (χ2v) is 9.77. The molecule has 176 valence electrons. The average Bonchev–Trinajstić information content (AvgIpc) is 3.27. The number of carbonyl (C=O) groups is 1. The predicted molar refractivity (Wildman–Crippen MR) is 121 cm³/mol. The van der Waals surface area contributed by atoms with Crippen LogP contribution in [0.5, 0.6) is 0 Å². The molecule has 1 heterocycles. The number of nitrogens with zero attached hydrogens (tertiary/aromatic N) is 1. The molecule has 0 aromatic rings. The lowest BCUT2D eigenvalue weighted by atomic mass is 9.88. The smallest absolute Gasteiger partial charge is 0.248 e. The van der Waals surface area contributed by atoms with E-state index in [9.17, 15) is 15.0 Å². The van der Waals surface area contributed by atoms with Crippen molar-refractivity contribution < 1.29 is 24.5 Å². The van der Waals surface area contributed by atoms with Crippen molar-refractivity contribution in [3.05, 3.63) is 23.8 Å². The predicted octanol–water partition coefficient (Wildman–Crippen LogP) is 3.08. The summed E-state index contributed by atoms with van der Waals surface area (Å²) in [5, 5.41) is 21.0. The molecule has 2 aliphatic carbocycles. The maximum Gasteiger partial charge on any atom is 0.248 e. The molecule has 6 nitrogen and oxygen atoms in total. The van der Waals surface area contributed by atoms with Crippen molar-refractivity contribution in [3.63, 3.8) is 0 Å². The molecule has 2 fully saturated rings. The summed E-state index contributed by atoms with van der Waals surface area (Å²) in [5.41, 5.74) is 0.721. The van der Waals surface area contributed by atoms with Gasteiger partial charge in [-0.15, -0.1) is 0 Å². The summed E-state index contributed by atoms with van der Waals surface area (Å²) in [6.45, 7) is 7.27. The molecule has 1 amide bonds. The molecule has 0 spiro atoms. The van der Waals surface area contributed by atoms with Crippen LogP contribution in [0, 0.1) is 17.8 Å². The molecule has 1 aliphatic heterocycles. The van der Waals surface area contributed by atoms with Crippen LogP contribution in [0.4, 0.5) is 0 Å². The number of ether oxygens (including phenoxy) is 2. The molecule has 1 saturated carbocycles. The Hall–Kier alpha value is -1.21. The molecule has 1 saturated heterocycles. The van der Waals surface area contributed by atoms with Crippen LogP contribution in [0.3, 0.4) is 0 Å². The largest absolute Gasteiger partial charge is 0.392 e.